The van der Waals surface area contributed by atoms with Crippen molar-refractivity contribution < 1.29 is 23.1 Å². The highest BCUT2D eigenvalue weighted by Crippen LogP contribution is 2.42. The molecule has 2 heterocycles. The molecule has 3 aromatic rings. The molecule has 1 aromatic carbocycles. The van der Waals surface area contributed by atoms with Crippen LogP contribution in [0.25, 0.3) is 11.3 Å². The van der Waals surface area contributed by atoms with Crippen molar-refractivity contribution in [2.75, 3.05) is 0 Å². The van der Waals surface area contributed by atoms with Crippen LogP contribution >= 0.6 is 0 Å². The lowest BCUT2D eigenvalue weighted by molar-refractivity contribution is -0.0464. The Morgan fingerprint density at radius 3 is 2.50 bits per heavy atom. The van der Waals surface area contributed by atoms with E-state index >= 15 is 0 Å². The highest BCUT2D eigenvalue weighted by Gasteiger charge is 2.42. The minimum atomic E-state index is -0.976. The molecule has 178 valence electrons. The van der Waals surface area contributed by atoms with Gasteiger partial charge in [0, 0.05) is 24.9 Å². The van der Waals surface area contributed by atoms with Crippen molar-refractivity contribution in [3.63, 3.8) is 0 Å². The van der Waals surface area contributed by atoms with E-state index in [1.807, 2.05) is 13.0 Å². The normalized spacial score (nSPS) is 24.7. The van der Waals surface area contributed by atoms with Crippen LogP contribution < -0.4 is 5.73 Å². The summed E-state index contributed by atoms with van der Waals surface area (Å²) in [4.78, 5) is 21.2. The molecule has 1 aliphatic rings. The standard InChI is InChI=1S/C26H26F3N3O2/c1-14-10-15(12-23(30)26(14,2)34)17-8-9-31-13-16(17)11-22(33)21-7-6-20(29)25(32-21)24-18(27)4-3-5-19(24)28/h3-9,13-15,23,34H,10-12,30H2,1-2H3/t14-,15+,23+,26+/m0/s1. The van der Waals surface area contributed by atoms with Crippen LogP contribution in [0, 0.1) is 23.4 Å². The molecule has 0 saturated heterocycles. The van der Waals surface area contributed by atoms with Crippen LogP contribution in [-0.4, -0.2) is 32.5 Å². The Morgan fingerprint density at radius 1 is 1.12 bits per heavy atom. The molecule has 0 aliphatic heterocycles. The molecule has 1 saturated carbocycles. The highest BCUT2D eigenvalue weighted by atomic mass is 19.1. The van der Waals surface area contributed by atoms with E-state index in [2.05, 4.69) is 9.97 Å². The van der Waals surface area contributed by atoms with Crippen LogP contribution in [0.5, 0.6) is 0 Å². The second kappa shape index (κ2) is 9.27. The second-order valence-electron chi connectivity index (χ2n) is 9.20. The largest absolute Gasteiger partial charge is 0.388 e. The summed E-state index contributed by atoms with van der Waals surface area (Å²) in [7, 11) is 0. The van der Waals surface area contributed by atoms with Gasteiger partial charge in [0.1, 0.15) is 28.8 Å². The summed E-state index contributed by atoms with van der Waals surface area (Å²) in [5.41, 5.74) is 5.57. The van der Waals surface area contributed by atoms with E-state index in [1.165, 1.54) is 12.1 Å². The molecular weight excluding hydrogens is 443 g/mol. The number of hydrogen-bond donors (Lipinski definition) is 2. The summed E-state index contributed by atoms with van der Waals surface area (Å²) in [5, 5.41) is 10.6. The van der Waals surface area contributed by atoms with Gasteiger partial charge in [-0.15, -0.1) is 0 Å². The van der Waals surface area contributed by atoms with Crippen LogP contribution in [0.2, 0.25) is 0 Å². The maximum absolute atomic E-state index is 14.4. The Kier molecular flexibility index (Phi) is 6.55. The van der Waals surface area contributed by atoms with Crippen molar-refractivity contribution in [2.45, 2.75) is 50.7 Å². The van der Waals surface area contributed by atoms with Gasteiger partial charge in [0.05, 0.1) is 11.2 Å². The average molecular weight is 470 g/mol. The lowest BCUT2D eigenvalue weighted by Crippen LogP contribution is -2.54. The first kappa shape index (κ1) is 24.0. The Bertz CT molecular complexity index is 1200. The third-order valence-corrected chi connectivity index (χ3v) is 6.99. The predicted molar refractivity (Wildman–Crippen MR) is 122 cm³/mol. The van der Waals surface area contributed by atoms with Gasteiger partial charge in [-0.05, 0) is 73.1 Å². The fourth-order valence-corrected chi connectivity index (χ4v) is 4.67. The van der Waals surface area contributed by atoms with E-state index in [9.17, 15) is 23.1 Å². The van der Waals surface area contributed by atoms with Gasteiger partial charge < -0.3 is 10.8 Å². The lowest BCUT2D eigenvalue weighted by atomic mass is 9.67. The molecule has 34 heavy (non-hydrogen) atoms. The summed E-state index contributed by atoms with van der Waals surface area (Å²) in [6.45, 7) is 3.69. The van der Waals surface area contributed by atoms with Crippen molar-refractivity contribution in [1.29, 1.82) is 0 Å². The highest BCUT2D eigenvalue weighted by molar-refractivity contribution is 5.96. The van der Waals surface area contributed by atoms with Crippen LogP contribution in [0.4, 0.5) is 13.2 Å². The first-order chi connectivity index (χ1) is 16.1. The number of carbonyl (C=O) groups excluding carboxylic acids is 1. The van der Waals surface area contributed by atoms with Crippen molar-refractivity contribution in [2.24, 2.45) is 11.7 Å². The molecule has 1 aliphatic carbocycles. The van der Waals surface area contributed by atoms with Crippen molar-refractivity contribution in [3.8, 4) is 11.3 Å². The maximum atomic E-state index is 14.4. The third kappa shape index (κ3) is 4.48. The van der Waals surface area contributed by atoms with Gasteiger partial charge in [-0.3, -0.25) is 9.78 Å². The van der Waals surface area contributed by atoms with E-state index < -0.39 is 46.1 Å². The number of aromatic nitrogens is 2. The number of ketones is 1. The summed E-state index contributed by atoms with van der Waals surface area (Å²) in [6, 6.07) is 6.77. The first-order valence-corrected chi connectivity index (χ1v) is 11.1. The predicted octanol–water partition coefficient (Wildman–Crippen LogP) is 4.58. The molecule has 0 amide bonds. The van der Waals surface area contributed by atoms with E-state index in [4.69, 9.17) is 5.73 Å². The summed E-state index contributed by atoms with van der Waals surface area (Å²) >= 11 is 0. The Morgan fingerprint density at radius 2 is 1.82 bits per heavy atom. The fraction of sp³-hybridized carbons (Fsp3) is 0.346. The number of benzene rings is 1. The van der Waals surface area contributed by atoms with Gasteiger partial charge in [0.2, 0.25) is 0 Å². The number of pyridine rings is 2. The summed E-state index contributed by atoms with van der Waals surface area (Å²) in [5.74, 6) is -3.32. The molecular formula is C26H26F3N3O2. The molecule has 3 N–H and O–H groups in total. The second-order valence-corrected chi connectivity index (χ2v) is 9.20. The molecule has 0 bridgehead atoms. The molecule has 5 nitrogen and oxygen atoms in total. The van der Waals surface area contributed by atoms with Gasteiger partial charge in [0.25, 0.3) is 0 Å². The van der Waals surface area contributed by atoms with E-state index in [0.717, 1.165) is 23.8 Å². The molecule has 4 atom stereocenters. The van der Waals surface area contributed by atoms with Crippen LogP contribution in [0.1, 0.15) is 54.2 Å². The zero-order valence-corrected chi connectivity index (χ0v) is 18.9. The number of halogens is 3. The number of nitrogens with two attached hydrogens (primary N) is 1. The molecule has 0 spiro atoms. The number of hydrogen-bond acceptors (Lipinski definition) is 5. The van der Waals surface area contributed by atoms with Crippen LogP contribution in [0.3, 0.4) is 0 Å². The van der Waals surface area contributed by atoms with Gasteiger partial charge in [-0.1, -0.05) is 13.0 Å². The Hall–Kier alpha value is -3.10. The van der Waals surface area contributed by atoms with E-state index in [1.54, 1.807) is 19.3 Å². The number of nitrogens with zero attached hydrogens (tertiary/aromatic N) is 2. The summed E-state index contributed by atoms with van der Waals surface area (Å²) in [6.07, 6.45) is 4.40. The van der Waals surface area contributed by atoms with E-state index in [-0.39, 0.29) is 24.0 Å². The van der Waals surface area contributed by atoms with Crippen LogP contribution in [-0.2, 0) is 6.42 Å². The van der Waals surface area contributed by atoms with E-state index in [0.29, 0.717) is 18.4 Å². The van der Waals surface area contributed by atoms with Gasteiger partial charge in [0.15, 0.2) is 5.78 Å². The third-order valence-electron chi connectivity index (χ3n) is 6.99. The van der Waals surface area contributed by atoms with Crippen molar-refractivity contribution in [1.82, 2.24) is 9.97 Å². The van der Waals surface area contributed by atoms with Crippen LogP contribution in [0.15, 0.2) is 48.8 Å². The minimum Gasteiger partial charge on any atom is -0.388 e. The smallest absolute Gasteiger partial charge is 0.185 e. The Balaban J connectivity index is 1.63. The minimum absolute atomic E-state index is 0.0280. The lowest BCUT2D eigenvalue weighted by Gasteiger charge is -2.44. The zero-order chi connectivity index (χ0) is 24.6. The fourth-order valence-electron chi connectivity index (χ4n) is 4.67. The topological polar surface area (TPSA) is 89.1 Å². The molecule has 8 heteroatoms. The number of rotatable bonds is 5. The number of aliphatic hydroxyl groups is 1. The van der Waals surface area contributed by atoms with Crippen molar-refractivity contribution in [3.05, 3.63) is 83.1 Å². The number of carbonyl (C=O) groups is 1. The monoisotopic (exact) mass is 469 g/mol. The van der Waals surface area contributed by atoms with Crippen molar-refractivity contribution >= 4 is 5.78 Å². The number of Topliss-reactive ketones (excluding diaryl/α,β-unsaturated/α-hetero) is 1. The SMILES string of the molecule is C[C@H]1C[C@@H](c2ccncc2CC(=O)c2ccc(F)c(-c3c(F)cccc3F)n2)C[C@@H](N)[C@]1(C)O. The summed E-state index contributed by atoms with van der Waals surface area (Å²) < 4.78 is 42.8. The van der Waals surface area contributed by atoms with Gasteiger partial charge >= 0.3 is 0 Å². The molecule has 2 aromatic heterocycles. The quantitative estimate of drug-likeness (QED) is 0.534. The average Bonchev–Trinajstić information content (AvgIpc) is 2.79. The maximum Gasteiger partial charge on any atom is 0.185 e. The molecule has 1 fully saturated rings. The molecule has 0 radical (unpaired) electrons. The molecule has 0 unspecified atom stereocenters. The first-order valence-electron chi connectivity index (χ1n) is 11.1. The van der Waals surface area contributed by atoms with Gasteiger partial charge in [-0.25, -0.2) is 18.2 Å². The molecule has 4 rings (SSSR count). The zero-order valence-electron chi connectivity index (χ0n) is 18.9. The van der Waals surface area contributed by atoms with Gasteiger partial charge in [-0.2, -0.15) is 0 Å². The Labute approximate surface area is 195 Å².